The number of hydrogen-bond acceptors (Lipinski definition) is 5. The number of amides is 1. The first-order valence-electron chi connectivity index (χ1n) is 10.9. The number of thioether (sulfide) groups is 1. The highest BCUT2D eigenvalue weighted by atomic mass is 32.2. The zero-order valence-electron chi connectivity index (χ0n) is 18.1. The van der Waals surface area contributed by atoms with Gasteiger partial charge in [0.05, 0.1) is 12.3 Å². The molecule has 162 valence electrons. The van der Waals surface area contributed by atoms with E-state index < -0.39 is 0 Å². The van der Waals surface area contributed by atoms with E-state index in [-0.39, 0.29) is 11.9 Å². The van der Waals surface area contributed by atoms with Crippen molar-refractivity contribution in [1.29, 1.82) is 0 Å². The van der Waals surface area contributed by atoms with Crippen LogP contribution < -0.4 is 5.32 Å². The predicted octanol–water partition coefficient (Wildman–Crippen LogP) is 4.42. The molecule has 1 N–H and O–H groups in total. The molecule has 3 unspecified atom stereocenters. The fourth-order valence-electron chi connectivity index (χ4n) is 4.18. The zero-order valence-corrected chi connectivity index (χ0v) is 18.9. The molecule has 1 aromatic carbocycles. The quantitative estimate of drug-likeness (QED) is 0.556. The molecule has 1 aliphatic rings. The summed E-state index contributed by atoms with van der Waals surface area (Å²) in [5.41, 5.74) is 2.12. The summed E-state index contributed by atoms with van der Waals surface area (Å²) in [6.45, 7) is 5.18. The van der Waals surface area contributed by atoms with Crippen molar-refractivity contribution < 1.29 is 4.79 Å². The minimum Gasteiger partial charge on any atom is -0.352 e. The van der Waals surface area contributed by atoms with Crippen LogP contribution in [0.1, 0.15) is 38.7 Å². The average molecular weight is 436 g/mol. The molecule has 0 spiro atoms. The molecule has 0 radical (unpaired) electrons. The number of nitrogens with one attached hydrogen (secondary N) is 1. The minimum atomic E-state index is 0.0654. The second kappa shape index (κ2) is 10.1. The summed E-state index contributed by atoms with van der Waals surface area (Å²) in [5, 5.41) is 12.8. The van der Waals surface area contributed by atoms with Gasteiger partial charge in [-0.15, -0.1) is 10.2 Å². The summed E-state index contributed by atoms with van der Waals surface area (Å²) in [4.78, 5) is 16.8. The van der Waals surface area contributed by atoms with Crippen molar-refractivity contribution in [3.8, 4) is 11.4 Å². The third kappa shape index (κ3) is 5.34. The van der Waals surface area contributed by atoms with Crippen molar-refractivity contribution >= 4 is 17.7 Å². The first-order chi connectivity index (χ1) is 15.1. The van der Waals surface area contributed by atoms with Crippen LogP contribution >= 0.6 is 11.8 Å². The fraction of sp³-hybridized carbons (Fsp3) is 0.417. The van der Waals surface area contributed by atoms with E-state index in [1.54, 1.807) is 12.4 Å². The van der Waals surface area contributed by atoms with Crippen LogP contribution in [0, 0.1) is 11.8 Å². The van der Waals surface area contributed by atoms with E-state index in [0.29, 0.717) is 24.1 Å². The van der Waals surface area contributed by atoms with Gasteiger partial charge in [0, 0.05) is 24.0 Å². The van der Waals surface area contributed by atoms with Crippen LogP contribution in [0.3, 0.4) is 0 Å². The van der Waals surface area contributed by atoms with E-state index in [0.717, 1.165) is 28.5 Å². The van der Waals surface area contributed by atoms with Gasteiger partial charge in [-0.05, 0) is 36.0 Å². The van der Waals surface area contributed by atoms with E-state index in [4.69, 9.17) is 0 Å². The topological polar surface area (TPSA) is 72.7 Å². The lowest BCUT2D eigenvalue weighted by molar-refractivity contribution is -0.120. The maximum absolute atomic E-state index is 12.7. The number of nitrogens with zero attached hydrogens (tertiary/aromatic N) is 4. The molecule has 3 atom stereocenters. The van der Waals surface area contributed by atoms with E-state index >= 15 is 0 Å². The molecule has 0 saturated heterocycles. The van der Waals surface area contributed by atoms with Gasteiger partial charge in [0.15, 0.2) is 11.0 Å². The van der Waals surface area contributed by atoms with Crippen LogP contribution in [-0.4, -0.2) is 37.5 Å². The molecule has 0 bridgehead atoms. The van der Waals surface area contributed by atoms with E-state index in [1.807, 2.05) is 30.3 Å². The van der Waals surface area contributed by atoms with Crippen LogP contribution in [0.5, 0.6) is 0 Å². The summed E-state index contributed by atoms with van der Waals surface area (Å²) < 4.78 is 2.08. The Hall–Kier alpha value is -2.67. The largest absolute Gasteiger partial charge is 0.352 e. The molecule has 4 rings (SSSR count). The Kier molecular flexibility index (Phi) is 7.02. The molecule has 1 fully saturated rings. The monoisotopic (exact) mass is 435 g/mol. The van der Waals surface area contributed by atoms with E-state index in [1.165, 1.54) is 24.6 Å². The molecule has 1 amide bonds. The number of aromatic nitrogens is 4. The number of rotatable bonds is 7. The van der Waals surface area contributed by atoms with E-state index in [9.17, 15) is 4.79 Å². The average Bonchev–Trinajstić information content (AvgIpc) is 3.19. The van der Waals surface area contributed by atoms with Crippen molar-refractivity contribution in [1.82, 2.24) is 25.1 Å². The number of pyridine rings is 1. The van der Waals surface area contributed by atoms with Crippen LogP contribution in [0.15, 0.2) is 60.0 Å². The standard InChI is InChI=1S/C24H29N5OS/c1-17-7-6-10-21(18(17)2)26-22(30)16-31-24-28-27-23(20-11-13-25-14-12-20)29(24)15-19-8-4-3-5-9-19/h3-5,8-9,11-14,17-18,21H,6-7,10,15-16H2,1-2H3,(H,26,30). The molecule has 7 heteroatoms. The Bertz CT molecular complexity index is 992. The van der Waals surface area contributed by atoms with Gasteiger partial charge in [-0.1, -0.05) is 68.8 Å². The van der Waals surface area contributed by atoms with Crippen molar-refractivity contribution in [3.05, 3.63) is 60.4 Å². The first kappa shape index (κ1) is 21.6. The molecule has 1 aliphatic carbocycles. The SMILES string of the molecule is CC1CCCC(NC(=O)CSc2nnc(-c3ccncc3)n2Cc2ccccc2)C1C. The second-order valence-corrected chi connectivity index (χ2v) is 9.29. The summed E-state index contributed by atoms with van der Waals surface area (Å²) in [5.74, 6) is 2.35. The van der Waals surface area contributed by atoms with E-state index in [2.05, 4.69) is 51.0 Å². The van der Waals surface area contributed by atoms with Gasteiger partial charge in [0.1, 0.15) is 0 Å². The maximum atomic E-state index is 12.7. The highest BCUT2D eigenvalue weighted by molar-refractivity contribution is 7.99. The fourth-order valence-corrected chi connectivity index (χ4v) is 4.93. The molecule has 2 aromatic heterocycles. The Morgan fingerprint density at radius 3 is 2.65 bits per heavy atom. The Labute approximate surface area is 187 Å². The number of carbonyl (C=O) groups excluding carboxylic acids is 1. The molecule has 3 aromatic rings. The summed E-state index contributed by atoms with van der Waals surface area (Å²) in [6, 6.07) is 14.4. The van der Waals surface area contributed by atoms with Gasteiger partial charge in [-0.2, -0.15) is 0 Å². The molecular weight excluding hydrogens is 406 g/mol. The highest BCUT2D eigenvalue weighted by Gasteiger charge is 2.28. The van der Waals surface area contributed by atoms with Crippen molar-refractivity contribution in [2.45, 2.75) is 50.9 Å². The smallest absolute Gasteiger partial charge is 0.230 e. The lowest BCUT2D eigenvalue weighted by atomic mass is 9.78. The number of carbonyl (C=O) groups is 1. The lowest BCUT2D eigenvalue weighted by Gasteiger charge is -2.34. The maximum Gasteiger partial charge on any atom is 0.230 e. The van der Waals surface area contributed by atoms with Gasteiger partial charge in [-0.3, -0.25) is 14.3 Å². The second-order valence-electron chi connectivity index (χ2n) is 8.34. The Morgan fingerprint density at radius 1 is 1.10 bits per heavy atom. The number of benzene rings is 1. The molecule has 1 saturated carbocycles. The van der Waals surface area contributed by atoms with Crippen LogP contribution in [0.25, 0.3) is 11.4 Å². The highest BCUT2D eigenvalue weighted by Crippen LogP contribution is 2.30. The minimum absolute atomic E-state index is 0.0654. The summed E-state index contributed by atoms with van der Waals surface area (Å²) in [7, 11) is 0. The van der Waals surface area contributed by atoms with Gasteiger partial charge in [0.2, 0.25) is 5.91 Å². The zero-order chi connectivity index (χ0) is 21.6. The molecule has 0 aliphatic heterocycles. The predicted molar refractivity (Wildman–Crippen MR) is 124 cm³/mol. The van der Waals surface area contributed by atoms with Gasteiger partial charge < -0.3 is 5.32 Å². The van der Waals surface area contributed by atoms with Crippen molar-refractivity contribution in [2.75, 3.05) is 5.75 Å². The molecule has 31 heavy (non-hydrogen) atoms. The van der Waals surface area contributed by atoms with Crippen LogP contribution in [-0.2, 0) is 11.3 Å². The third-order valence-corrected chi connectivity index (χ3v) is 7.19. The first-order valence-corrected chi connectivity index (χ1v) is 11.9. The number of hydrogen-bond donors (Lipinski definition) is 1. The normalized spacial score (nSPS) is 21.0. The Morgan fingerprint density at radius 2 is 1.87 bits per heavy atom. The van der Waals surface area contributed by atoms with Crippen LogP contribution in [0.4, 0.5) is 0 Å². The van der Waals surface area contributed by atoms with Crippen LogP contribution in [0.2, 0.25) is 0 Å². The van der Waals surface area contributed by atoms with Gasteiger partial charge in [-0.25, -0.2) is 0 Å². The van der Waals surface area contributed by atoms with Crippen molar-refractivity contribution in [3.63, 3.8) is 0 Å². The third-order valence-electron chi connectivity index (χ3n) is 6.22. The molecule has 2 heterocycles. The molecule has 6 nitrogen and oxygen atoms in total. The van der Waals surface area contributed by atoms with Crippen molar-refractivity contribution in [2.24, 2.45) is 11.8 Å². The van der Waals surface area contributed by atoms with Gasteiger partial charge in [0.25, 0.3) is 0 Å². The summed E-state index contributed by atoms with van der Waals surface area (Å²) >= 11 is 1.44. The van der Waals surface area contributed by atoms with Gasteiger partial charge >= 0.3 is 0 Å². The Balaban J connectivity index is 1.48. The summed E-state index contributed by atoms with van der Waals surface area (Å²) in [6.07, 6.45) is 7.01. The molecular formula is C24H29N5OS. The lowest BCUT2D eigenvalue weighted by Crippen LogP contribution is -2.44.